The zero-order chi connectivity index (χ0) is 18.4. The van der Waals surface area contributed by atoms with Crippen LogP contribution in [0.15, 0.2) is 59.6 Å². The monoisotopic (exact) mass is 337 g/mol. The van der Waals surface area contributed by atoms with Crippen molar-refractivity contribution in [2.75, 3.05) is 14.1 Å². The summed E-state index contributed by atoms with van der Waals surface area (Å²) < 4.78 is 0. The summed E-state index contributed by atoms with van der Waals surface area (Å²) in [6, 6.07) is 18.1. The first-order chi connectivity index (χ1) is 11.9. The summed E-state index contributed by atoms with van der Waals surface area (Å²) in [6.45, 7) is 4.02. The number of guanidine groups is 1. The largest absolute Gasteiger partial charge is 0.370 e. The first-order valence-electron chi connectivity index (χ1n) is 8.46. The molecule has 0 aliphatic carbocycles. The highest BCUT2D eigenvalue weighted by atomic mass is 16.1. The van der Waals surface area contributed by atoms with Crippen LogP contribution in [0, 0.1) is 12.8 Å². The van der Waals surface area contributed by atoms with Crippen LogP contribution in [0.5, 0.6) is 0 Å². The van der Waals surface area contributed by atoms with Crippen LogP contribution in [0.4, 0.5) is 0 Å². The number of carbonyl (C=O) groups is 1. The van der Waals surface area contributed by atoms with Gasteiger partial charge in [0, 0.05) is 20.0 Å². The standard InChI is InChI=1S/C21H27N3O/c1-16-9-8-12-18(13-16)21(2,23-20(22)24(3)4)19(15-25)14-17-10-6-5-7-11-17/h5-13,15,19H,14H2,1-4H3,(H2,22,23). The maximum atomic E-state index is 12.0. The van der Waals surface area contributed by atoms with Gasteiger partial charge in [-0.2, -0.15) is 0 Å². The third kappa shape index (κ3) is 4.47. The normalized spacial score (nSPS) is 15.3. The van der Waals surface area contributed by atoms with E-state index < -0.39 is 5.54 Å². The van der Waals surface area contributed by atoms with Crippen molar-refractivity contribution in [2.45, 2.75) is 25.8 Å². The van der Waals surface area contributed by atoms with E-state index in [4.69, 9.17) is 10.7 Å². The van der Waals surface area contributed by atoms with Crippen molar-refractivity contribution in [1.82, 2.24) is 4.90 Å². The fraction of sp³-hybridized carbons (Fsp3) is 0.333. The molecule has 4 heteroatoms. The van der Waals surface area contributed by atoms with Crippen LogP contribution in [0.1, 0.15) is 23.6 Å². The van der Waals surface area contributed by atoms with Gasteiger partial charge < -0.3 is 15.4 Å². The smallest absolute Gasteiger partial charge is 0.191 e. The van der Waals surface area contributed by atoms with Crippen LogP contribution in [0.2, 0.25) is 0 Å². The Labute approximate surface area is 150 Å². The summed E-state index contributed by atoms with van der Waals surface area (Å²) in [4.78, 5) is 18.6. The van der Waals surface area contributed by atoms with Gasteiger partial charge in [-0.05, 0) is 31.4 Å². The van der Waals surface area contributed by atoms with Gasteiger partial charge in [-0.1, -0.05) is 60.2 Å². The van der Waals surface area contributed by atoms with E-state index in [1.165, 1.54) is 0 Å². The van der Waals surface area contributed by atoms with E-state index in [-0.39, 0.29) is 5.92 Å². The van der Waals surface area contributed by atoms with E-state index in [0.29, 0.717) is 12.4 Å². The van der Waals surface area contributed by atoms with Crippen LogP contribution in [-0.4, -0.2) is 31.2 Å². The van der Waals surface area contributed by atoms with E-state index in [0.717, 1.165) is 23.0 Å². The molecule has 0 spiro atoms. The molecular weight excluding hydrogens is 310 g/mol. The maximum absolute atomic E-state index is 12.0. The third-order valence-electron chi connectivity index (χ3n) is 4.59. The van der Waals surface area contributed by atoms with Crippen LogP contribution in [0.25, 0.3) is 0 Å². The number of benzene rings is 2. The Kier molecular flexibility index (Phi) is 5.97. The summed E-state index contributed by atoms with van der Waals surface area (Å²) in [7, 11) is 3.70. The second-order valence-corrected chi connectivity index (χ2v) is 6.81. The molecular formula is C21H27N3O. The summed E-state index contributed by atoms with van der Waals surface area (Å²) in [5, 5.41) is 0. The second-order valence-electron chi connectivity index (χ2n) is 6.81. The summed E-state index contributed by atoms with van der Waals surface area (Å²) in [5.74, 6) is 0.0825. The van der Waals surface area contributed by atoms with Crippen molar-refractivity contribution in [3.63, 3.8) is 0 Å². The number of nitrogens with zero attached hydrogens (tertiary/aromatic N) is 2. The van der Waals surface area contributed by atoms with Gasteiger partial charge in [0.25, 0.3) is 0 Å². The van der Waals surface area contributed by atoms with Gasteiger partial charge in [-0.15, -0.1) is 0 Å². The first kappa shape index (κ1) is 18.7. The number of aliphatic imine (C=N–C) groups is 1. The van der Waals surface area contributed by atoms with Crippen molar-refractivity contribution in [3.8, 4) is 0 Å². The average Bonchev–Trinajstić information content (AvgIpc) is 2.60. The Bertz CT molecular complexity index is 740. The fourth-order valence-electron chi connectivity index (χ4n) is 2.91. The molecule has 2 aromatic rings. The minimum Gasteiger partial charge on any atom is -0.370 e. The number of rotatable bonds is 6. The lowest BCUT2D eigenvalue weighted by Crippen LogP contribution is -2.39. The molecule has 0 aliphatic rings. The lowest BCUT2D eigenvalue weighted by atomic mass is 9.77. The molecule has 25 heavy (non-hydrogen) atoms. The van der Waals surface area contributed by atoms with Crippen LogP contribution in [0.3, 0.4) is 0 Å². The molecule has 0 saturated carbocycles. The molecule has 0 fully saturated rings. The van der Waals surface area contributed by atoms with Crippen LogP contribution in [-0.2, 0) is 16.8 Å². The molecule has 0 radical (unpaired) electrons. The van der Waals surface area contributed by atoms with Gasteiger partial charge in [0.05, 0.1) is 5.54 Å². The van der Waals surface area contributed by atoms with Gasteiger partial charge in [0.15, 0.2) is 5.96 Å². The van der Waals surface area contributed by atoms with Gasteiger partial charge in [-0.25, -0.2) is 4.99 Å². The fourth-order valence-corrected chi connectivity index (χ4v) is 2.91. The molecule has 2 N–H and O–H groups in total. The van der Waals surface area contributed by atoms with Crippen molar-refractivity contribution in [2.24, 2.45) is 16.6 Å². The molecule has 132 valence electrons. The van der Waals surface area contributed by atoms with E-state index in [1.807, 2.05) is 76.5 Å². The van der Waals surface area contributed by atoms with E-state index in [1.54, 1.807) is 4.90 Å². The first-order valence-corrected chi connectivity index (χ1v) is 8.46. The number of hydrogen-bond donors (Lipinski definition) is 1. The molecule has 0 amide bonds. The Morgan fingerprint density at radius 1 is 1.20 bits per heavy atom. The molecule has 2 atom stereocenters. The maximum Gasteiger partial charge on any atom is 0.191 e. The molecule has 2 aromatic carbocycles. The molecule has 0 heterocycles. The summed E-state index contributed by atoms with van der Waals surface area (Å²) >= 11 is 0. The van der Waals surface area contributed by atoms with Crippen molar-refractivity contribution >= 4 is 12.2 Å². The lowest BCUT2D eigenvalue weighted by Gasteiger charge is -2.33. The molecule has 2 rings (SSSR count). The Balaban J connectivity index is 2.52. The number of aryl methyl sites for hydroxylation is 1. The Morgan fingerprint density at radius 3 is 2.44 bits per heavy atom. The minimum atomic E-state index is -0.738. The molecule has 0 aromatic heterocycles. The van der Waals surface area contributed by atoms with Gasteiger partial charge >= 0.3 is 0 Å². The Morgan fingerprint density at radius 2 is 1.88 bits per heavy atom. The minimum absolute atomic E-state index is 0.324. The molecule has 0 aliphatic heterocycles. The number of carbonyl (C=O) groups excluding carboxylic acids is 1. The summed E-state index contributed by atoms with van der Waals surface area (Å²) in [6.07, 6.45) is 1.61. The van der Waals surface area contributed by atoms with Crippen molar-refractivity contribution in [1.29, 1.82) is 0 Å². The molecule has 4 nitrogen and oxygen atoms in total. The quantitative estimate of drug-likeness (QED) is 0.500. The average molecular weight is 337 g/mol. The van der Waals surface area contributed by atoms with Crippen molar-refractivity contribution in [3.05, 3.63) is 71.3 Å². The SMILES string of the molecule is Cc1cccc(C(C)(N=C(N)N(C)C)C(C=O)Cc2ccccc2)c1. The molecule has 0 saturated heterocycles. The highest BCUT2D eigenvalue weighted by molar-refractivity contribution is 5.78. The lowest BCUT2D eigenvalue weighted by molar-refractivity contribution is -0.112. The zero-order valence-electron chi connectivity index (χ0n) is 15.4. The molecule has 0 bridgehead atoms. The zero-order valence-corrected chi connectivity index (χ0v) is 15.4. The second kappa shape index (κ2) is 7.97. The number of hydrogen-bond acceptors (Lipinski definition) is 2. The third-order valence-corrected chi connectivity index (χ3v) is 4.59. The van der Waals surface area contributed by atoms with Gasteiger partial charge in [-0.3, -0.25) is 0 Å². The van der Waals surface area contributed by atoms with Crippen molar-refractivity contribution < 1.29 is 4.79 Å². The van der Waals surface area contributed by atoms with Gasteiger partial charge in [0.2, 0.25) is 0 Å². The predicted molar refractivity (Wildman–Crippen MR) is 104 cm³/mol. The highest BCUT2D eigenvalue weighted by Gasteiger charge is 2.36. The van der Waals surface area contributed by atoms with E-state index in [2.05, 4.69) is 6.07 Å². The number of nitrogens with two attached hydrogens (primary N) is 1. The summed E-state index contributed by atoms with van der Waals surface area (Å²) in [5.41, 5.74) is 8.62. The Hall–Kier alpha value is -2.62. The molecule has 2 unspecified atom stereocenters. The van der Waals surface area contributed by atoms with Crippen LogP contribution >= 0.6 is 0 Å². The van der Waals surface area contributed by atoms with E-state index in [9.17, 15) is 4.79 Å². The van der Waals surface area contributed by atoms with Gasteiger partial charge in [0.1, 0.15) is 6.29 Å². The predicted octanol–water partition coefficient (Wildman–Crippen LogP) is 3.14. The van der Waals surface area contributed by atoms with Crippen LogP contribution < -0.4 is 5.73 Å². The topological polar surface area (TPSA) is 58.7 Å². The van der Waals surface area contributed by atoms with E-state index >= 15 is 0 Å². The highest BCUT2D eigenvalue weighted by Crippen LogP contribution is 2.35. The number of aldehydes is 1.